The average molecular weight is 406 g/mol. The summed E-state index contributed by atoms with van der Waals surface area (Å²) in [6, 6.07) is 11.1. The van der Waals surface area contributed by atoms with Crippen LogP contribution in [0.3, 0.4) is 0 Å². The van der Waals surface area contributed by atoms with Crippen molar-refractivity contribution in [2.24, 2.45) is 0 Å². The molecule has 2 aliphatic heterocycles. The monoisotopic (exact) mass is 405 g/mol. The van der Waals surface area contributed by atoms with Crippen molar-refractivity contribution >= 4 is 5.82 Å². The van der Waals surface area contributed by atoms with E-state index in [1.807, 2.05) is 24.3 Å². The summed E-state index contributed by atoms with van der Waals surface area (Å²) >= 11 is 0. The van der Waals surface area contributed by atoms with Crippen LogP contribution in [-0.4, -0.2) is 45.5 Å². The van der Waals surface area contributed by atoms with Gasteiger partial charge in [-0.2, -0.15) is 0 Å². The first kappa shape index (κ1) is 19.1. The maximum Gasteiger partial charge on any atom is 0.191 e. The van der Waals surface area contributed by atoms with Crippen LogP contribution in [0.4, 0.5) is 5.82 Å². The predicted octanol–water partition coefficient (Wildman–Crippen LogP) is 3.92. The molecular formula is C23H27N5O2. The summed E-state index contributed by atoms with van der Waals surface area (Å²) in [4.78, 5) is 6.37. The second-order valence-electron chi connectivity index (χ2n) is 8.48. The summed E-state index contributed by atoms with van der Waals surface area (Å²) in [5.41, 5.74) is 2.07. The molecule has 2 aliphatic rings. The number of anilines is 1. The number of hydrogen-bond donors (Lipinski definition) is 2. The number of phenols is 1. The van der Waals surface area contributed by atoms with Crippen LogP contribution in [0, 0.1) is 6.92 Å². The second-order valence-corrected chi connectivity index (χ2v) is 8.48. The van der Waals surface area contributed by atoms with Crippen molar-refractivity contribution in [2.45, 2.75) is 57.2 Å². The number of nitrogens with zero attached hydrogens (tertiary/aromatic N) is 4. The third-order valence-electron chi connectivity index (χ3n) is 6.43. The first-order valence-electron chi connectivity index (χ1n) is 10.7. The highest BCUT2D eigenvalue weighted by Crippen LogP contribution is 2.34. The van der Waals surface area contributed by atoms with E-state index in [-0.39, 0.29) is 5.75 Å². The van der Waals surface area contributed by atoms with Crippen LogP contribution in [-0.2, 0) is 0 Å². The Kier molecular flexibility index (Phi) is 4.90. The van der Waals surface area contributed by atoms with Gasteiger partial charge in [-0.1, -0.05) is 12.5 Å². The number of aryl methyl sites for hydroxylation is 1. The molecule has 0 spiro atoms. The van der Waals surface area contributed by atoms with Gasteiger partial charge in [-0.15, -0.1) is 10.2 Å². The van der Waals surface area contributed by atoms with E-state index in [0.717, 1.165) is 24.2 Å². The van der Waals surface area contributed by atoms with Crippen LogP contribution in [0.1, 0.15) is 38.0 Å². The van der Waals surface area contributed by atoms with E-state index in [4.69, 9.17) is 4.42 Å². The molecule has 30 heavy (non-hydrogen) atoms. The first-order valence-corrected chi connectivity index (χ1v) is 10.7. The van der Waals surface area contributed by atoms with E-state index in [0.29, 0.717) is 41.0 Å². The summed E-state index contributed by atoms with van der Waals surface area (Å²) in [7, 11) is 2.11. The van der Waals surface area contributed by atoms with Gasteiger partial charge in [0.25, 0.3) is 0 Å². The number of rotatable bonds is 4. The summed E-state index contributed by atoms with van der Waals surface area (Å²) < 4.78 is 5.54. The van der Waals surface area contributed by atoms with Gasteiger partial charge in [0.05, 0.1) is 11.9 Å². The van der Waals surface area contributed by atoms with Gasteiger partial charge in [-0.25, -0.2) is 4.98 Å². The van der Waals surface area contributed by atoms with Gasteiger partial charge in [0.1, 0.15) is 5.75 Å². The Morgan fingerprint density at radius 1 is 1.10 bits per heavy atom. The van der Waals surface area contributed by atoms with E-state index in [2.05, 4.69) is 32.4 Å². The maximum absolute atomic E-state index is 10.5. The van der Waals surface area contributed by atoms with Crippen LogP contribution >= 0.6 is 0 Å². The minimum absolute atomic E-state index is 0.142. The van der Waals surface area contributed by atoms with Gasteiger partial charge in [0.15, 0.2) is 17.5 Å². The number of aromatic nitrogens is 3. The molecule has 2 bridgehead atoms. The molecule has 0 saturated carbocycles. The largest absolute Gasteiger partial charge is 0.507 e. The summed E-state index contributed by atoms with van der Waals surface area (Å²) in [5.74, 6) is 2.24. The molecule has 156 valence electrons. The van der Waals surface area contributed by atoms with E-state index in [9.17, 15) is 5.11 Å². The summed E-state index contributed by atoms with van der Waals surface area (Å²) in [6.45, 7) is 1.79. The highest BCUT2D eigenvalue weighted by atomic mass is 16.4. The number of oxazole rings is 1. The van der Waals surface area contributed by atoms with Crippen molar-refractivity contribution in [3.8, 4) is 28.3 Å². The van der Waals surface area contributed by atoms with Crippen molar-refractivity contribution < 1.29 is 9.52 Å². The second kappa shape index (κ2) is 7.72. The quantitative estimate of drug-likeness (QED) is 0.680. The minimum Gasteiger partial charge on any atom is -0.507 e. The number of nitrogens with one attached hydrogen (secondary N) is 1. The Hall–Kier alpha value is -2.93. The van der Waals surface area contributed by atoms with E-state index >= 15 is 0 Å². The number of piperidine rings is 2. The highest BCUT2D eigenvalue weighted by Gasteiger charge is 2.33. The molecule has 0 amide bonds. The molecule has 0 unspecified atom stereocenters. The van der Waals surface area contributed by atoms with Gasteiger partial charge in [-0.3, -0.25) is 0 Å². The molecule has 2 N–H and O–H groups in total. The Morgan fingerprint density at radius 3 is 2.53 bits per heavy atom. The fraction of sp³-hybridized carbons (Fsp3) is 0.435. The van der Waals surface area contributed by atoms with Gasteiger partial charge in [0.2, 0.25) is 0 Å². The molecule has 2 fully saturated rings. The lowest BCUT2D eigenvalue weighted by Crippen LogP contribution is -2.54. The van der Waals surface area contributed by atoms with E-state index in [1.165, 1.54) is 19.3 Å². The van der Waals surface area contributed by atoms with Gasteiger partial charge >= 0.3 is 0 Å². The van der Waals surface area contributed by atoms with Crippen molar-refractivity contribution in [1.29, 1.82) is 0 Å². The van der Waals surface area contributed by atoms with Crippen molar-refractivity contribution in [1.82, 2.24) is 20.5 Å². The number of fused-ring (bicyclic) bond motifs is 2. The van der Waals surface area contributed by atoms with Crippen LogP contribution in [0.2, 0.25) is 0 Å². The van der Waals surface area contributed by atoms with Gasteiger partial charge in [0, 0.05) is 43.2 Å². The molecule has 3 aromatic rings. The maximum atomic E-state index is 10.5. The number of benzene rings is 1. The average Bonchev–Trinajstić information content (AvgIpc) is 3.19. The smallest absolute Gasteiger partial charge is 0.191 e. The fourth-order valence-electron chi connectivity index (χ4n) is 4.79. The molecule has 0 radical (unpaired) electrons. The molecule has 0 aliphatic carbocycles. The topological polar surface area (TPSA) is 87.3 Å². The zero-order valence-electron chi connectivity index (χ0n) is 17.4. The predicted molar refractivity (Wildman–Crippen MR) is 115 cm³/mol. The first-order chi connectivity index (χ1) is 14.6. The molecule has 1 aromatic carbocycles. The molecule has 7 heteroatoms. The molecule has 2 saturated heterocycles. The number of aromatic hydroxyl groups is 1. The zero-order valence-corrected chi connectivity index (χ0v) is 17.4. The van der Waals surface area contributed by atoms with Crippen molar-refractivity contribution in [2.75, 3.05) is 11.9 Å². The lowest BCUT2D eigenvalue weighted by molar-refractivity contribution is 0.219. The van der Waals surface area contributed by atoms with Crippen molar-refractivity contribution in [3.05, 3.63) is 42.4 Å². The van der Waals surface area contributed by atoms with E-state index in [1.54, 1.807) is 19.2 Å². The van der Waals surface area contributed by atoms with Crippen LogP contribution in [0.25, 0.3) is 22.6 Å². The summed E-state index contributed by atoms with van der Waals surface area (Å²) in [5, 5.41) is 23.1. The van der Waals surface area contributed by atoms with Gasteiger partial charge < -0.3 is 19.7 Å². The van der Waals surface area contributed by atoms with Crippen molar-refractivity contribution in [3.63, 3.8) is 0 Å². The normalized spacial score (nSPS) is 23.3. The molecule has 5 rings (SSSR count). The molecular weight excluding hydrogens is 378 g/mol. The van der Waals surface area contributed by atoms with Crippen LogP contribution < -0.4 is 10.2 Å². The van der Waals surface area contributed by atoms with Gasteiger partial charge in [-0.05, 0) is 49.9 Å². The Labute approximate surface area is 176 Å². The Bertz CT molecular complexity index is 1020. The fourth-order valence-corrected chi connectivity index (χ4v) is 4.79. The zero-order chi connectivity index (χ0) is 20.7. The third-order valence-corrected chi connectivity index (χ3v) is 6.43. The Morgan fingerprint density at radius 2 is 1.90 bits per heavy atom. The lowest BCUT2D eigenvalue weighted by atomic mass is 9.83. The van der Waals surface area contributed by atoms with E-state index < -0.39 is 0 Å². The lowest BCUT2D eigenvalue weighted by Gasteiger charge is -2.43. The molecule has 3 atom stereocenters. The minimum atomic E-state index is 0.142. The Balaban J connectivity index is 1.33. The van der Waals surface area contributed by atoms with Crippen LogP contribution in [0.15, 0.2) is 40.9 Å². The van der Waals surface area contributed by atoms with Crippen LogP contribution in [0.5, 0.6) is 5.75 Å². The SMILES string of the molecule is Cc1ncc(-c2ccc(-c3ccc(N(C)[C@H]4C[C@H]5CCC[C@@H](C4)N5)nn3)c(O)c2)o1. The molecule has 2 aromatic heterocycles. The molecule has 7 nitrogen and oxygen atoms in total. The number of phenolic OH excluding ortho intramolecular Hbond substituents is 1. The summed E-state index contributed by atoms with van der Waals surface area (Å²) in [6.07, 6.45) is 7.84. The molecule has 4 heterocycles. The highest BCUT2D eigenvalue weighted by molar-refractivity contribution is 5.72. The number of hydrogen-bond acceptors (Lipinski definition) is 7. The third kappa shape index (κ3) is 3.65. The standard InChI is InChI=1S/C23H27N5O2/c1-14-24-13-22(30-14)15-6-7-19(21(29)10-15)20-8-9-23(27-26-20)28(2)18-11-16-4-3-5-17(12-18)25-16/h6-10,13,16-18,25,29H,3-5,11-12H2,1-2H3/t16-,17+,18+.